The van der Waals surface area contributed by atoms with Crippen LogP contribution < -0.4 is 10.1 Å². The summed E-state index contributed by atoms with van der Waals surface area (Å²) in [6.45, 7) is 1.70. The number of aromatic hydroxyl groups is 1. The third kappa shape index (κ3) is 5.40. The molecule has 3 rings (SSSR count). The van der Waals surface area contributed by atoms with Crippen molar-refractivity contribution < 1.29 is 34.6 Å². The fourth-order valence-corrected chi connectivity index (χ4v) is 3.74. The molecule has 29 heavy (non-hydrogen) atoms. The van der Waals surface area contributed by atoms with Gasteiger partial charge in [0.2, 0.25) is 5.91 Å². The fourth-order valence-electron chi connectivity index (χ4n) is 3.74. The number of ether oxygens (including phenoxy) is 1. The van der Waals surface area contributed by atoms with Crippen LogP contribution in [0.4, 0.5) is 0 Å². The molecule has 5 N–H and O–H groups in total. The third-order valence-corrected chi connectivity index (χ3v) is 5.44. The number of likely N-dealkylation sites (tertiary alicyclic amines) is 1. The van der Waals surface area contributed by atoms with E-state index in [4.69, 9.17) is 14.8 Å². The molecule has 0 aromatic heterocycles. The second-order valence-corrected chi connectivity index (χ2v) is 7.66. The lowest BCUT2D eigenvalue weighted by atomic mass is 9.82. The van der Waals surface area contributed by atoms with Crippen LogP contribution in [0.1, 0.15) is 41.6 Å². The molecule has 2 fully saturated rings. The normalized spacial score (nSPS) is 19.5. The quantitative estimate of drug-likeness (QED) is 0.387. The molecule has 10 heteroatoms. The van der Waals surface area contributed by atoms with Gasteiger partial charge < -0.3 is 35.2 Å². The van der Waals surface area contributed by atoms with Gasteiger partial charge in [-0.05, 0) is 43.8 Å². The van der Waals surface area contributed by atoms with E-state index < -0.39 is 18.8 Å². The van der Waals surface area contributed by atoms with Crippen molar-refractivity contribution in [1.82, 2.24) is 10.2 Å². The Labute approximate surface area is 169 Å². The average molecular weight is 406 g/mol. The van der Waals surface area contributed by atoms with Gasteiger partial charge in [-0.3, -0.25) is 4.79 Å². The lowest BCUT2D eigenvalue weighted by molar-refractivity contribution is -0.140. The van der Waals surface area contributed by atoms with Crippen LogP contribution in [-0.2, 0) is 11.2 Å². The Morgan fingerprint density at radius 3 is 2.62 bits per heavy atom. The number of phenols is 1. The molecule has 0 saturated carbocycles. The van der Waals surface area contributed by atoms with Crippen LogP contribution in [0.2, 0.25) is 6.32 Å². The smallest absolute Gasteiger partial charge is 0.451 e. The highest BCUT2D eigenvalue weighted by Gasteiger charge is 2.34. The van der Waals surface area contributed by atoms with Gasteiger partial charge in [0.05, 0.1) is 13.1 Å². The zero-order chi connectivity index (χ0) is 21.0. The highest BCUT2D eigenvalue weighted by molar-refractivity contribution is 6.41. The number of carbonyl (C=O) groups excluding carboxylic acids is 1. The Bertz CT molecular complexity index is 746. The lowest BCUT2D eigenvalue weighted by Gasteiger charge is -2.40. The molecule has 0 radical (unpaired) electrons. The molecular formula is C19H27BN2O7. The Kier molecular flexibility index (Phi) is 6.99. The summed E-state index contributed by atoms with van der Waals surface area (Å²) in [5, 5.41) is 41.0. The van der Waals surface area contributed by atoms with Gasteiger partial charge in [0.1, 0.15) is 23.2 Å². The number of nitrogens with one attached hydrogen (secondary N) is 1. The van der Waals surface area contributed by atoms with Crippen molar-refractivity contribution in [2.24, 2.45) is 0 Å². The maximum atomic E-state index is 12.3. The number of carboxylic acid groups (broad SMARTS) is 1. The predicted molar refractivity (Wildman–Crippen MR) is 105 cm³/mol. The van der Waals surface area contributed by atoms with Crippen molar-refractivity contribution in [1.29, 1.82) is 0 Å². The Balaban J connectivity index is 1.57. The molecule has 0 spiro atoms. The van der Waals surface area contributed by atoms with Crippen molar-refractivity contribution in [3.63, 3.8) is 0 Å². The van der Waals surface area contributed by atoms with Crippen LogP contribution in [0.5, 0.6) is 11.5 Å². The van der Waals surface area contributed by atoms with Crippen LogP contribution in [0.25, 0.3) is 0 Å². The fraction of sp³-hybridized carbons (Fsp3) is 0.579. The number of carbonyl (C=O) groups is 2. The molecule has 1 unspecified atom stereocenters. The zero-order valence-corrected chi connectivity index (χ0v) is 16.2. The van der Waals surface area contributed by atoms with Crippen LogP contribution in [0.15, 0.2) is 12.1 Å². The van der Waals surface area contributed by atoms with Gasteiger partial charge in [0.15, 0.2) is 0 Å². The molecule has 1 aromatic rings. The maximum Gasteiger partial charge on any atom is 0.451 e. The first-order valence-corrected chi connectivity index (χ1v) is 9.97. The van der Waals surface area contributed by atoms with E-state index in [2.05, 4.69) is 5.32 Å². The van der Waals surface area contributed by atoms with Crippen molar-refractivity contribution >= 4 is 19.0 Å². The molecule has 158 valence electrons. The monoisotopic (exact) mass is 406 g/mol. The molecule has 2 aliphatic rings. The van der Waals surface area contributed by atoms with Crippen molar-refractivity contribution in [3.05, 3.63) is 23.3 Å². The first-order chi connectivity index (χ1) is 13.8. The van der Waals surface area contributed by atoms with Gasteiger partial charge in [-0.25, -0.2) is 4.79 Å². The highest BCUT2D eigenvalue weighted by atomic mass is 16.5. The SMILES string of the molecule is O=C(O)c1c(OC2CN(C(=O)CC3CCCCN3)C2)ccc(CCB(O)O)c1O. The number of carboxylic acids is 1. The number of aryl methyl sites for hydroxylation is 1. The van der Waals surface area contributed by atoms with Gasteiger partial charge in [0, 0.05) is 12.5 Å². The number of benzene rings is 1. The average Bonchev–Trinajstić information content (AvgIpc) is 2.63. The van der Waals surface area contributed by atoms with Crippen LogP contribution >= 0.6 is 0 Å². The largest absolute Gasteiger partial charge is 0.507 e. The first-order valence-electron chi connectivity index (χ1n) is 9.97. The number of hydrogen-bond acceptors (Lipinski definition) is 7. The Morgan fingerprint density at radius 2 is 2.00 bits per heavy atom. The summed E-state index contributed by atoms with van der Waals surface area (Å²) >= 11 is 0. The molecule has 1 amide bonds. The topological polar surface area (TPSA) is 140 Å². The van der Waals surface area contributed by atoms with Gasteiger partial charge in [-0.2, -0.15) is 0 Å². The molecule has 2 aliphatic heterocycles. The van der Waals surface area contributed by atoms with E-state index in [1.165, 1.54) is 12.1 Å². The zero-order valence-electron chi connectivity index (χ0n) is 16.2. The van der Waals surface area contributed by atoms with Gasteiger partial charge >= 0.3 is 13.1 Å². The van der Waals surface area contributed by atoms with E-state index in [9.17, 15) is 19.8 Å². The summed E-state index contributed by atoms with van der Waals surface area (Å²) in [5.41, 5.74) is -0.0562. The maximum absolute atomic E-state index is 12.3. The molecule has 0 aliphatic carbocycles. The molecule has 1 aromatic carbocycles. The molecule has 1 atom stereocenters. The number of aromatic carboxylic acids is 1. The van der Waals surface area contributed by atoms with Crippen LogP contribution in [0.3, 0.4) is 0 Å². The Hall–Kier alpha value is -2.30. The number of rotatable bonds is 8. The summed E-state index contributed by atoms with van der Waals surface area (Å²) in [4.78, 5) is 25.6. The minimum absolute atomic E-state index is 0.0254. The van der Waals surface area contributed by atoms with Crippen LogP contribution in [-0.4, -0.2) is 75.9 Å². The van der Waals surface area contributed by atoms with Crippen molar-refractivity contribution in [2.75, 3.05) is 19.6 Å². The number of nitrogens with zero attached hydrogens (tertiary/aromatic N) is 1. The van der Waals surface area contributed by atoms with E-state index in [-0.39, 0.29) is 42.1 Å². The second-order valence-electron chi connectivity index (χ2n) is 7.66. The summed E-state index contributed by atoms with van der Waals surface area (Å²) in [5.74, 6) is -1.68. The van der Waals surface area contributed by atoms with Gasteiger partial charge in [0.25, 0.3) is 0 Å². The van der Waals surface area contributed by atoms with Gasteiger partial charge in [-0.1, -0.05) is 12.5 Å². The standard InChI is InChI=1S/C19H27BN2O7/c23-16(9-13-3-1-2-8-21-13)22-10-14(11-22)29-15-5-4-12(6-7-20(27)28)18(24)17(15)19(25)26/h4-5,13-14,21,24,27-28H,1-3,6-11H2,(H,25,26). The summed E-state index contributed by atoms with van der Waals surface area (Å²) in [6, 6.07) is 3.19. The number of amides is 1. The number of piperidine rings is 1. The molecular weight excluding hydrogens is 379 g/mol. The molecule has 2 saturated heterocycles. The third-order valence-electron chi connectivity index (χ3n) is 5.44. The van der Waals surface area contributed by atoms with Crippen molar-refractivity contribution in [3.8, 4) is 11.5 Å². The van der Waals surface area contributed by atoms with Gasteiger partial charge in [-0.15, -0.1) is 0 Å². The summed E-state index contributed by atoms with van der Waals surface area (Å²) in [6.07, 6.45) is 3.49. The summed E-state index contributed by atoms with van der Waals surface area (Å²) < 4.78 is 5.73. The second kappa shape index (κ2) is 9.47. The van der Waals surface area contributed by atoms with E-state index in [1.807, 2.05) is 0 Å². The lowest BCUT2D eigenvalue weighted by Crippen LogP contribution is -2.57. The predicted octanol–water partition coefficient (Wildman–Crippen LogP) is 0.227. The minimum Gasteiger partial charge on any atom is -0.507 e. The molecule has 9 nitrogen and oxygen atoms in total. The number of hydrogen-bond donors (Lipinski definition) is 5. The van der Waals surface area contributed by atoms with E-state index in [0.717, 1.165) is 25.8 Å². The van der Waals surface area contributed by atoms with E-state index in [0.29, 0.717) is 25.1 Å². The highest BCUT2D eigenvalue weighted by Crippen LogP contribution is 2.34. The molecule has 2 heterocycles. The minimum atomic E-state index is -1.54. The van der Waals surface area contributed by atoms with Crippen LogP contribution in [0, 0.1) is 0 Å². The van der Waals surface area contributed by atoms with E-state index >= 15 is 0 Å². The van der Waals surface area contributed by atoms with Crippen molar-refractivity contribution in [2.45, 2.75) is 50.6 Å². The first kappa shape index (κ1) is 21.4. The van der Waals surface area contributed by atoms with E-state index in [1.54, 1.807) is 4.90 Å². The molecule has 0 bridgehead atoms. The Morgan fingerprint density at radius 1 is 1.24 bits per heavy atom. The summed E-state index contributed by atoms with van der Waals surface area (Å²) in [7, 11) is -1.54.